The molecule has 0 aromatic heterocycles. The molecule has 1 fully saturated rings. The summed E-state index contributed by atoms with van der Waals surface area (Å²) >= 11 is 0. The Labute approximate surface area is 118 Å². The zero-order valence-corrected chi connectivity index (χ0v) is 12.9. The lowest BCUT2D eigenvalue weighted by molar-refractivity contribution is 0.0269. The summed E-state index contributed by atoms with van der Waals surface area (Å²) in [5, 5.41) is 0. The highest BCUT2D eigenvalue weighted by molar-refractivity contribution is 4.99. The van der Waals surface area contributed by atoms with Crippen LogP contribution in [0, 0.1) is 0 Å². The number of ether oxygens (including phenoxy) is 2. The molecule has 1 rings (SSSR count). The van der Waals surface area contributed by atoms with Crippen LogP contribution in [0.2, 0.25) is 0 Å². The minimum atomic E-state index is 0.100. The molecular weight excluding hydrogens is 242 g/mol. The van der Waals surface area contributed by atoms with Crippen LogP contribution in [-0.4, -0.2) is 81.5 Å². The van der Waals surface area contributed by atoms with Crippen molar-refractivity contribution in [2.24, 2.45) is 5.73 Å². The Balaban J connectivity index is 2.58. The Hall–Kier alpha value is -0.200. The number of nitrogens with two attached hydrogens (primary N) is 1. The third-order valence-electron chi connectivity index (χ3n) is 3.99. The van der Waals surface area contributed by atoms with Gasteiger partial charge in [-0.3, -0.25) is 4.90 Å². The highest BCUT2D eigenvalue weighted by Crippen LogP contribution is 2.26. The van der Waals surface area contributed by atoms with E-state index >= 15 is 0 Å². The highest BCUT2D eigenvalue weighted by atomic mass is 16.5. The summed E-state index contributed by atoms with van der Waals surface area (Å²) in [6, 6.07) is 0. The summed E-state index contributed by atoms with van der Waals surface area (Å²) in [6.45, 7) is 11.9. The number of hydrogen-bond acceptors (Lipinski definition) is 5. The molecule has 1 aliphatic rings. The molecule has 1 aliphatic heterocycles. The fourth-order valence-electron chi connectivity index (χ4n) is 2.84. The monoisotopic (exact) mass is 273 g/mol. The van der Waals surface area contributed by atoms with Crippen molar-refractivity contribution in [2.75, 3.05) is 66.2 Å². The Morgan fingerprint density at radius 2 is 1.74 bits per heavy atom. The van der Waals surface area contributed by atoms with Crippen molar-refractivity contribution >= 4 is 0 Å². The second-order valence-corrected chi connectivity index (χ2v) is 5.30. The Morgan fingerprint density at radius 1 is 1.16 bits per heavy atom. The summed E-state index contributed by atoms with van der Waals surface area (Å²) < 4.78 is 11.0. The van der Waals surface area contributed by atoms with Crippen LogP contribution in [0.1, 0.15) is 20.3 Å². The molecule has 2 N–H and O–H groups in total. The molecule has 1 unspecified atom stereocenters. The summed E-state index contributed by atoms with van der Waals surface area (Å²) in [4.78, 5) is 4.84. The van der Waals surface area contributed by atoms with Crippen LogP contribution in [0.5, 0.6) is 0 Å². The van der Waals surface area contributed by atoms with E-state index in [4.69, 9.17) is 15.2 Å². The van der Waals surface area contributed by atoms with E-state index < -0.39 is 0 Å². The maximum absolute atomic E-state index is 6.09. The first-order valence-electron chi connectivity index (χ1n) is 7.47. The van der Waals surface area contributed by atoms with Gasteiger partial charge >= 0.3 is 0 Å². The van der Waals surface area contributed by atoms with Gasteiger partial charge in [0.05, 0.1) is 13.2 Å². The summed E-state index contributed by atoms with van der Waals surface area (Å²) in [6.07, 6.45) is 1.14. The summed E-state index contributed by atoms with van der Waals surface area (Å²) in [5.74, 6) is 0. The van der Waals surface area contributed by atoms with Gasteiger partial charge in [-0.2, -0.15) is 0 Å². The molecule has 0 saturated carbocycles. The van der Waals surface area contributed by atoms with Gasteiger partial charge in [-0.05, 0) is 33.9 Å². The number of nitrogens with zero attached hydrogens (tertiary/aromatic N) is 2. The molecule has 5 nitrogen and oxygen atoms in total. The van der Waals surface area contributed by atoms with Crippen molar-refractivity contribution in [1.82, 2.24) is 9.80 Å². The topological polar surface area (TPSA) is 51.0 Å². The molecule has 0 radical (unpaired) electrons. The Bertz CT molecular complexity index is 231. The van der Waals surface area contributed by atoms with E-state index in [1.807, 2.05) is 13.8 Å². The molecule has 0 aliphatic carbocycles. The zero-order valence-electron chi connectivity index (χ0n) is 12.9. The number of rotatable bonds is 10. The van der Waals surface area contributed by atoms with E-state index in [-0.39, 0.29) is 5.54 Å². The van der Waals surface area contributed by atoms with Crippen molar-refractivity contribution in [3.8, 4) is 0 Å². The molecule has 1 atom stereocenters. The smallest absolute Gasteiger partial charge is 0.0593 e. The number of likely N-dealkylation sites (tertiary alicyclic amines) is 1. The Morgan fingerprint density at radius 3 is 2.11 bits per heavy atom. The predicted molar refractivity (Wildman–Crippen MR) is 78.5 cm³/mol. The molecule has 19 heavy (non-hydrogen) atoms. The van der Waals surface area contributed by atoms with Crippen LogP contribution in [0.4, 0.5) is 0 Å². The van der Waals surface area contributed by atoms with Gasteiger partial charge in [0.2, 0.25) is 0 Å². The predicted octanol–water partition coefficient (Wildman–Crippen LogP) is 0.394. The lowest BCUT2D eigenvalue weighted by Crippen LogP contribution is -2.57. The third-order valence-corrected chi connectivity index (χ3v) is 3.99. The number of likely N-dealkylation sites (N-methyl/N-ethyl adjacent to an activating group) is 1. The standard InChI is InChI=1S/C14H31N3O2/c1-4-18-10-8-17(9-11-19-5-2)14(12-15)6-7-16(3)13-14/h4-13,15H2,1-3H3. The van der Waals surface area contributed by atoms with E-state index in [1.54, 1.807) is 0 Å². The maximum atomic E-state index is 6.09. The molecule has 0 spiro atoms. The minimum Gasteiger partial charge on any atom is -0.380 e. The van der Waals surface area contributed by atoms with E-state index in [0.717, 1.165) is 59.0 Å². The first kappa shape index (κ1) is 16.9. The molecule has 5 heteroatoms. The molecule has 1 heterocycles. The highest BCUT2D eigenvalue weighted by Gasteiger charge is 2.40. The lowest BCUT2D eigenvalue weighted by Gasteiger charge is -2.40. The van der Waals surface area contributed by atoms with Gasteiger partial charge in [-0.1, -0.05) is 0 Å². The van der Waals surface area contributed by atoms with Gasteiger partial charge in [0.25, 0.3) is 0 Å². The second-order valence-electron chi connectivity index (χ2n) is 5.30. The minimum absolute atomic E-state index is 0.100. The van der Waals surface area contributed by atoms with Crippen molar-refractivity contribution in [3.63, 3.8) is 0 Å². The summed E-state index contributed by atoms with van der Waals surface area (Å²) in [5.41, 5.74) is 6.19. The van der Waals surface area contributed by atoms with Crippen molar-refractivity contribution < 1.29 is 9.47 Å². The van der Waals surface area contributed by atoms with Gasteiger partial charge in [0.1, 0.15) is 0 Å². The van der Waals surface area contributed by atoms with E-state index in [2.05, 4.69) is 16.8 Å². The quantitative estimate of drug-likeness (QED) is 0.584. The molecule has 0 amide bonds. The first-order valence-corrected chi connectivity index (χ1v) is 7.47. The van der Waals surface area contributed by atoms with Crippen LogP contribution < -0.4 is 5.73 Å². The normalized spacial score (nSPS) is 24.5. The molecular formula is C14H31N3O2. The molecule has 0 aromatic carbocycles. The van der Waals surface area contributed by atoms with Crippen molar-refractivity contribution in [3.05, 3.63) is 0 Å². The lowest BCUT2D eigenvalue weighted by atomic mass is 9.96. The average molecular weight is 273 g/mol. The van der Waals surface area contributed by atoms with Gasteiger partial charge < -0.3 is 20.1 Å². The number of hydrogen-bond donors (Lipinski definition) is 1. The molecule has 0 bridgehead atoms. The fraction of sp³-hybridized carbons (Fsp3) is 1.00. The van der Waals surface area contributed by atoms with Gasteiger partial charge in [0.15, 0.2) is 0 Å². The van der Waals surface area contributed by atoms with Crippen molar-refractivity contribution in [2.45, 2.75) is 25.8 Å². The molecule has 1 saturated heterocycles. The van der Waals surface area contributed by atoms with Crippen LogP contribution in [-0.2, 0) is 9.47 Å². The fourth-order valence-corrected chi connectivity index (χ4v) is 2.84. The second kappa shape index (κ2) is 8.87. The SMILES string of the molecule is CCOCCN(CCOCC)C1(CN)CCN(C)C1. The zero-order chi connectivity index (χ0) is 14.1. The van der Waals surface area contributed by atoms with Crippen LogP contribution in [0.25, 0.3) is 0 Å². The summed E-state index contributed by atoms with van der Waals surface area (Å²) in [7, 11) is 2.17. The van der Waals surface area contributed by atoms with Gasteiger partial charge in [-0.25, -0.2) is 0 Å². The first-order chi connectivity index (χ1) is 9.18. The maximum Gasteiger partial charge on any atom is 0.0593 e. The Kier molecular flexibility index (Phi) is 7.87. The largest absolute Gasteiger partial charge is 0.380 e. The van der Waals surface area contributed by atoms with Crippen molar-refractivity contribution in [1.29, 1.82) is 0 Å². The van der Waals surface area contributed by atoms with Gasteiger partial charge in [-0.15, -0.1) is 0 Å². The van der Waals surface area contributed by atoms with E-state index in [9.17, 15) is 0 Å². The van der Waals surface area contributed by atoms with Gasteiger partial charge in [0, 0.05) is 44.9 Å². The van der Waals surface area contributed by atoms with Crippen LogP contribution >= 0.6 is 0 Å². The van der Waals surface area contributed by atoms with E-state index in [1.165, 1.54) is 0 Å². The third kappa shape index (κ3) is 5.00. The average Bonchev–Trinajstić information content (AvgIpc) is 2.80. The van der Waals surface area contributed by atoms with E-state index in [0.29, 0.717) is 6.54 Å². The van der Waals surface area contributed by atoms with Crippen LogP contribution in [0.3, 0.4) is 0 Å². The molecule has 0 aromatic rings. The molecule has 114 valence electrons. The van der Waals surface area contributed by atoms with Crippen LogP contribution in [0.15, 0.2) is 0 Å².